The molecule has 1 aliphatic heterocycles. The van der Waals surface area contributed by atoms with Crippen LogP contribution in [-0.4, -0.2) is 16.1 Å². The van der Waals surface area contributed by atoms with Gasteiger partial charge in [0, 0.05) is 9.79 Å². The van der Waals surface area contributed by atoms with Crippen molar-refractivity contribution in [3.05, 3.63) is 60.7 Å². The highest BCUT2D eigenvalue weighted by molar-refractivity contribution is 8.86. The van der Waals surface area contributed by atoms with Gasteiger partial charge in [0.1, 0.15) is 0 Å². The maximum atomic E-state index is 12.3. The highest BCUT2D eigenvalue weighted by Gasteiger charge is 2.49. The third kappa shape index (κ3) is 4.20. The Morgan fingerprint density at radius 2 is 1.22 bits per heavy atom. The summed E-state index contributed by atoms with van der Waals surface area (Å²) in [5, 5.41) is 5.07. The second-order valence-electron chi connectivity index (χ2n) is 4.48. The van der Waals surface area contributed by atoms with E-state index in [0.717, 1.165) is 9.79 Å². The standard InChI is InChI=1S/C15H12N2O2S4/c18-13-15(17-14(19)16-13,22-20-11-7-3-1-4-8-11)23-21-12-9-5-2-6-10-12/h1-10H,(H2,16,17,18,19). The number of nitrogens with one attached hydrogen (secondary N) is 2. The van der Waals surface area contributed by atoms with Gasteiger partial charge in [0.05, 0.1) is 0 Å². The molecule has 2 aromatic carbocycles. The van der Waals surface area contributed by atoms with Crippen molar-refractivity contribution in [2.45, 2.75) is 14.0 Å². The van der Waals surface area contributed by atoms with Gasteiger partial charge in [-0.05, 0) is 45.9 Å². The highest BCUT2D eigenvalue weighted by Crippen LogP contribution is 2.52. The zero-order valence-electron chi connectivity index (χ0n) is 11.7. The van der Waals surface area contributed by atoms with Crippen LogP contribution in [-0.2, 0) is 4.79 Å². The quantitative estimate of drug-likeness (QED) is 0.441. The summed E-state index contributed by atoms with van der Waals surface area (Å²) in [4.78, 5) is 25.9. The molecule has 0 bridgehead atoms. The van der Waals surface area contributed by atoms with E-state index in [-0.39, 0.29) is 5.91 Å². The molecular weight excluding hydrogens is 368 g/mol. The lowest BCUT2D eigenvalue weighted by atomic mass is 10.4. The number of hydrogen-bond acceptors (Lipinski definition) is 6. The summed E-state index contributed by atoms with van der Waals surface area (Å²) in [6.07, 6.45) is 0. The van der Waals surface area contributed by atoms with Gasteiger partial charge in [-0.2, -0.15) is 0 Å². The topological polar surface area (TPSA) is 58.2 Å². The van der Waals surface area contributed by atoms with Crippen LogP contribution in [0.2, 0.25) is 0 Å². The minimum Gasteiger partial charge on any atom is -0.305 e. The predicted molar refractivity (Wildman–Crippen MR) is 99.2 cm³/mol. The lowest BCUT2D eigenvalue weighted by Gasteiger charge is -2.22. The Morgan fingerprint density at radius 3 is 1.61 bits per heavy atom. The lowest BCUT2D eigenvalue weighted by molar-refractivity contribution is -0.119. The second kappa shape index (κ2) is 7.57. The maximum Gasteiger partial charge on any atom is 0.323 e. The lowest BCUT2D eigenvalue weighted by Crippen LogP contribution is -2.38. The molecule has 3 rings (SSSR count). The molecule has 0 spiro atoms. The number of imide groups is 1. The van der Waals surface area contributed by atoms with E-state index in [2.05, 4.69) is 10.6 Å². The zero-order chi connectivity index (χ0) is 16.1. The van der Waals surface area contributed by atoms with E-state index in [1.165, 1.54) is 43.2 Å². The SMILES string of the molecule is O=C1NC(=O)C(SSc2ccccc2)(SSc2ccccc2)N1. The Morgan fingerprint density at radius 1 is 0.739 bits per heavy atom. The highest BCUT2D eigenvalue weighted by atomic mass is 33.1. The number of rotatable bonds is 6. The molecule has 0 atom stereocenters. The molecule has 8 heteroatoms. The Kier molecular flexibility index (Phi) is 5.47. The van der Waals surface area contributed by atoms with Gasteiger partial charge in [-0.1, -0.05) is 58.0 Å². The molecule has 3 amide bonds. The molecule has 0 aliphatic carbocycles. The summed E-state index contributed by atoms with van der Waals surface area (Å²) in [6, 6.07) is 19.0. The van der Waals surface area contributed by atoms with Crippen molar-refractivity contribution in [1.82, 2.24) is 10.6 Å². The number of carbonyl (C=O) groups is 2. The van der Waals surface area contributed by atoms with Crippen molar-refractivity contribution in [2.75, 3.05) is 0 Å². The number of carbonyl (C=O) groups excluding carboxylic acids is 2. The molecule has 4 nitrogen and oxygen atoms in total. The minimum absolute atomic E-state index is 0.329. The summed E-state index contributed by atoms with van der Waals surface area (Å²) in [7, 11) is 5.59. The Bertz CT molecular complexity index is 654. The van der Waals surface area contributed by atoms with Crippen LogP contribution in [0.15, 0.2) is 70.5 Å². The van der Waals surface area contributed by atoms with Crippen LogP contribution in [0.1, 0.15) is 0 Å². The summed E-state index contributed by atoms with van der Waals surface area (Å²) in [5.74, 6) is -0.329. The van der Waals surface area contributed by atoms with Crippen LogP contribution in [0.4, 0.5) is 4.79 Å². The third-order valence-corrected chi connectivity index (χ3v) is 9.23. The fraction of sp³-hybridized carbons (Fsp3) is 0.0667. The van der Waals surface area contributed by atoms with Gasteiger partial charge >= 0.3 is 6.03 Å². The average Bonchev–Trinajstić information content (AvgIpc) is 2.87. The van der Waals surface area contributed by atoms with Crippen molar-refractivity contribution < 1.29 is 9.59 Å². The summed E-state index contributed by atoms with van der Waals surface area (Å²) < 4.78 is -1.06. The first-order valence-corrected chi connectivity index (χ1v) is 10.9. The van der Waals surface area contributed by atoms with Gasteiger partial charge in [-0.3, -0.25) is 10.1 Å². The van der Waals surface area contributed by atoms with Gasteiger partial charge in [0.25, 0.3) is 5.91 Å². The van der Waals surface area contributed by atoms with E-state index in [1.54, 1.807) is 0 Å². The molecule has 1 saturated heterocycles. The molecular formula is C15H12N2O2S4. The monoisotopic (exact) mass is 380 g/mol. The first-order chi connectivity index (χ1) is 11.2. The molecule has 2 N–H and O–H groups in total. The van der Waals surface area contributed by atoms with E-state index in [0.29, 0.717) is 0 Å². The number of hydrogen-bond donors (Lipinski definition) is 2. The van der Waals surface area contributed by atoms with Gasteiger partial charge in [0.2, 0.25) is 4.20 Å². The molecule has 118 valence electrons. The van der Waals surface area contributed by atoms with Crippen molar-refractivity contribution in [3.8, 4) is 0 Å². The van der Waals surface area contributed by atoms with E-state index in [9.17, 15) is 9.59 Å². The van der Waals surface area contributed by atoms with Crippen LogP contribution in [0, 0.1) is 0 Å². The normalized spacial score (nSPS) is 16.0. The van der Waals surface area contributed by atoms with Crippen molar-refractivity contribution >= 4 is 55.1 Å². The van der Waals surface area contributed by atoms with Gasteiger partial charge < -0.3 is 5.32 Å². The van der Waals surface area contributed by atoms with Gasteiger partial charge in [0.15, 0.2) is 0 Å². The number of amides is 3. The first kappa shape index (κ1) is 16.6. The third-order valence-electron chi connectivity index (χ3n) is 2.80. The van der Waals surface area contributed by atoms with E-state index < -0.39 is 10.2 Å². The second-order valence-corrected chi connectivity index (χ2v) is 9.58. The van der Waals surface area contributed by atoms with E-state index in [1.807, 2.05) is 60.7 Å². The summed E-state index contributed by atoms with van der Waals surface area (Å²) in [5.41, 5.74) is 0. The van der Waals surface area contributed by atoms with Crippen LogP contribution < -0.4 is 10.6 Å². The molecule has 0 aromatic heterocycles. The van der Waals surface area contributed by atoms with Crippen LogP contribution in [0.5, 0.6) is 0 Å². The van der Waals surface area contributed by atoms with Gasteiger partial charge in [-0.15, -0.1) is 0 Å². The Hall–Kier alpha value is -1.22. The summed E-state index contributed by atoms with van der Waals surface area (Å²) >= 11 is 0. The molecule has 2 aromatic rings. The molecule has 0 unspecified atom stereocenters. The maximum absolute atomic E-state index is 12.3. The predicted octanol–water partition coefficient (Wildman–Crippen LogP) is 4.36. The number of benzene rings is 2. The summed E-state index contributed by atoms with van der Waals surface area (Å²) in [6.45, 7) is 0. The van der Waals surface area contributed by atoms with E-state index >= 15 is 0 Å². The molecule has 0 radical (unpaired) electrons. The van der Waals surface area contributed by atoms with E-state index in [4.69, 9.17) is 0 Å². The van der Waals surface area contributed by atoms with Crippen LogP contribution in [0.3, 0.4) is 0 Å². The van der Waals surface area contributed by atoms with Crippen molar-refractivity contribution in [3.63, 3.8) is 0 Å². The Labute approximate surface area is 149 Å². The smallest absolute Gasteiger partial charge is 0.305 e. The minimum atomic E-state index is -1.06. The molecule has 23 heavy (non-hydrogen) atoms. The van der Waals surface area contributed by atoms with Crippen LogP contribution >= 0.6 is 43.2 Å². The number of urea groups is 1. The molecule has 1 fully saturated rings. The molecule has 1 aliphatic rings. The molecule has 0 saturated carbocycles. The van der Waals surface area contributed by atoms with Crippen molar-refractivity contribution in [1.29, 1.82) is 0 Å². The Balaban J connectivity index is 1.72. The largest absolute Gasteiger partial charge is 0.323 e. The van der Waals surface area contributed by atoms with Crippen molar-refractivity contribution in [2.24, 2.45) is 0 Å². The fourth-order valence-corrected chi connectivity index (χ4v) is 7.58. The molecule has 1 heterocycles. The van der Waals surface area contributed by atoms with Gasteiger partial charge in [-0.25, -0.2) is 4.79 Å². The van der Waals surface area contributed by atoms with Crippen LogP contribution in [0.25, 0.3) is 0 Å². The fourth-order valence-electron chi connectivity index (χ4n) is 1.72. The zero-order valence-corrected chi connectivity index (χ0v) is 15.0. The average molecular weight is 381 g/mol. The first-order valence-electron chi connectivity index (χ1n) is 6.63.